The summed E-state index contributed by atoms with van der Waals surface area (Å²) in [5.74, 6) is -1.12. The van der Waals surface area contributed by atoms with Crippen molar-refractivity contribution in [2.24, 2.45) is 0 Å². The number of para-hydroxylation sites is 1. The quantitative estimate of drug-likeness (QED) is 0.745. The molecule has 2 aliphatic rings. The van der Waals surface area contributed by atoms with Crippen LogP contribution in [0.15, 0.2) is 24.3 Å². The molecule has 0 aliphatic carbocycles. The van der Waals surface area contributed by atoms with Gasteiger partial charge in [0.1, 0.15) is 12.2 Å². The van der Waals surface area contributed by atoms with Crippen LogP contribution in [-0.2, 0) is 19.1 Å². The first-order valence-corrected chi connectivity index (χ1v) is 9.44. The summed E-state index contributed by atoms with van der Waals surface area (Å²) in [5.41, 5.74) is 0.116. The van der Waals surface area contributed by atoms with Crippen molar-refractivity contribution >= 4 is 29.4 Å². The summed E-state index contributed by atoms with van der Waals surface area (Å²) in [7, 11) is 0. The largest absolute Gasteiger partial charge is 0.463 e. The Labute approximate surface area is 163 Å². The number of carbonyl (C=O) groups is 4. The lowest BCUT2D eigenvalue weighted by Gasteiger charge is -2.48. The van der Waals surface area contributed by atoms with Crippen molar-refractivity contribution in [1.82, 2.24) is 10.2 Å². The van der Waals surface area contributed by atoms with Crippen molar-refractivity contribution in [3.05, 3.63) is 29.8 Å². The Kier molecular flexibility index (Phi) is 5.40. The summed E-state index contributed by atoms with van der Waals surface area (Å²) in [6.45, 7) is 5.26. The molecule has 0 aromatic heterocycles. The summed E-state index contributed by atoms with van der Waals surface area (Å²) in [6, 6.07) is 6.94. The zero-order chi connectivity index (χ0) is 20.5. The highest BCUT2D eigenvalue weighted by molar-refractivity contribution is 6.11. The molecule has 150 valence electrons. The minimum Gasteiger partial charge on any atom is -0.463 e. The van der Waals surface area contributed by atoms with Gasteiger partial charge in [0, 0.05) is 13.0 Å². The second kappa shape index (κ2) is 7.61. The van der Waals surface area contributed by atoms with E-state index in [4.69, 9.17) is 4.74 Å². The predicted molar refractivity (Wildman–Crippen MR) is 101 cm³/mol. The monoisotopic (exact) mass is 387 g/mol. The number of benzene rings is 1. The molecule has 0 spiro atoms. The number of hydrogen-bond acceptors (Lipinski definition) is 5. The minimum atomic E-state index is -0.879. The van der Waals surface area contributed by atoms with Crippen LogP contribution < -0.4 is 10.2 Å². The highest BCUT2D eigenvalue weighted by Gasteiger charge is 2.53. The molecule has 1 unspecified atom stereocenters. The van der Waals surface area contributed by atoms with Crippen LogP contribution in [0.4, 0.5) is 5.69 Å². The molecule has 0 saturated carbocycles. The van der Waals surface area contributed by atoms with Crippen molar-refractivity contribution in [3.63, 3.8) is 0 Å². The molecule has 1 saturated heterocycles. The highest BCUT2D eigenvalue weighted by Crippen LogP contribution is 2.43. The van der Waals surface area contributed by atoms with Gasteiger partial charge in [0.15, 0.2) is 0 Å². The molecule has 1 aromatic rings. The lowest BCUT2D eigenvalue weighted by atomic mass is 9.98. The standard InChI is InChI=1S/C20H25N3O5/c1-13(2)28-18(26)9-11-21-16(24)12-22-19(27)14-6-4-5-7-15(14)23-17(25)8-10-20(22,23)3/h4-7,13H,8-12H2,1-3H3,(H,21,24). The summed E-state index contributed by atoms with van der Waals surface area (Å²) in [6.07, 6.45) is 0.625. The number of anilines is 1. The molecular formula is C20H25N3O5. The maximum Gasteiger partial charge on any atom is 0.307 e. The molecular weight excluding hydrogens is 362 g/mol. The van der Waals surface area contributed by atoms with Crippen LogP contribution in [0.25, 0.3) is 0 Å². The van der Waals surface area contributed by atoms with E-state index in [9.17, 15) is 19.2 Å². The zero-order valence-corrected chi connectivity index (χ0v) is 16.4. The van der Waals surface area contributed by atoms with Crippen LogP contribution >= 0.6 is 0 Å². The van der Waals surface area contributed by atoms with E-state index in [0.29, 0.717) is 24.1 Å². The molecule has 1 atom stereocenters. The molecule has 0 radical (unpaired) electrons. The smallest absolute Gasteiger partial charge is 0.307 e. The Morgan fingerprint density at radius 3 is 2.68 bits per heavy atom. The third-order valence-corrected chi connectivity index (χ3v) is 5.07. The van der Waals surface area contributed by atoms with E-state index in [2.05, 4.69) is 5.32 Å². The van der Waals surface area contributed by atoms with Gasteiger partial charge in [-0.05, 0) is 39.3 Å². The first-order valence-electron chi connectivity index (χ1n) is 9.44. The van der Waals surface area contributed by atoms with Crippen molar-refractivity contribution in [3.8, 4) is 0 Å². The SMILES string of the molecule is CC(C)OC(=O)CCNC(=O)CN1C(=O)c2ccccc2N2C(=O)CCC12C. The predicted octanol–water partition coefficient (Wildman–Crippen LogP) is 1.44. The van der Waals surface area contributed by atoms with Crippen LogP contribution in [0.3, 0.4) is 0 Å². The number of amides is 3. The fourth-order valence-electron chi connectivity index (χ4n) is 3.77. The van der Waals surface area contributed by atoms with Gasteiger partial charge in [0.2, 0.25) is 11.8 Å². The minimum absolute atomic E-state index is 0.0581. The van der Waals surface area contributed by atoms with Crippen LogP contribution in [0.5, 0.6) is 0 Å². The van der Waals surface area contributed by atoms with Gasteiger partial charge in [-0.2, -0.15) is 0 Å². The third-order valence-electron chi connectivity index (χ3n) is 5.07. The number of fused-ring (bicyclic) bond motifs is 3. The number of hydrogen-bond donors (Lipinski definition) is 1. The molecule has 28 heavy (non-hydrogen) atoms. The number of nitrogens with zero attached hydrogens (tertiary/aromatic N) is 2. The number of esters is 1. The third kappa shape index (κ3) is 3.58. The van der Waals surface area contributed by atoms with Crippen molar-refractivity contribution < 1.29 is 23.9 Å². The fourth-order valence-corrected chi connectivity index (χ4v) is 3.77. The van der Waals surface area contributed by atoms with Crippen LogP contribution in [0, 0.1) is 0 Å². The molecule has 0 bridgehead atoms. The van der Waals surface area contributed by atoms with E-state index in [1.807, 2.05) is 0 Å². The van der Waals surface area contributed by atoms with E-state index in [1.54, 1.807) is 49.9 Å². The van der Waals surface area contributed by atoms with E-state index in [-0.39, 0.29) is 43.3 Å². The number of ether oxygens (including phenoxy) is 1. The maximum atomic E-state index is 13.0. The van der Waals surface area contributed by atoms with Gasteiger partial charge in [-0.1, -0.05) is 12.1 Å². The van der Waals surface area contributed by atoms with Gasteiger partial charge in [-0.3, -0.25) is 24.1 Å². The average Bonchev–Trinajstić information content (AvgIpc) is 2.94. The van der Waals surface area contributed by atoms with Crippen molar-refractivity contribution in [1.29, 1.82) is 0 Å². The zero-order valence-electron chi connectivity index (χ0n) is 16.4. The summed E-state index contributed by atoms with van der Waals surface area (Å²) in [5, 5.41) is 2.65. The van der Waals surface area contributed by atoms with Crippen LogP contribution in [-0.4, -0.2) is 53.4 Å². The van der Waals surface area contributed by atoms with Crippen molar-refractivity contribution in [2.75, 3.05) is 18.0 Å². The molecule has 1 aromatic carbocycles. The van der Waals surface area contributed by atoms with Gasteiger partial charge in [-0.15, -0.1) is 0 Å². The molecule has 3 rings (SSSR count). The normalized spacial score (nSPS) is 20.9. The lowest BCUT2D eigenvalue weighted by molar-refractivity contribution is -0.147. The Bertz CT molecular complexity index is 822. The molecule has 2 aliphatic heterocycles. The van der Waals surface area contributed by atoms with Gasteiger partial charge < -0.3 is 15.0 Å². The first kappa shape index (κ1) is 19.9. The highest BCUT2D eigenvalue weighted by atomic mass is 16.5. The summed E-state index contributed by atoms with van der Waals surface area (Å²) >= 11 is 0. The first-order chi connectivity index (χ1) is 13.2. The molecule has 3 amide bonds. The van der Waals surface area contributed by atoms with Gasteiger partial charge in [0.05, 0.1) is 23.8 Å². The summed E-state index contributed by atoms with van der Waals surface area (Å²) in [4.78, 5) is 52.6. The Hall–Kier alpha value is -2.90. The lowest BCUT2D eigenvalue weighted by Crippen LogP contribution is -2.63. The van der Waals surface area contributed by atoms with E-state index in [0.717, 1.165) is 0 Å². The second-order valence-corrected chi connectivity index (χ2v) is 7.49. The van der Waals surface area contributed by atoms with Crippen molar-refractivity contribution in [2.45, 2.75) is 51.8 Å². The fraction of sp³-hybridized carbons (Fsp3) is 0.500. The number of rotatable bonds is 6. The van der Waals surface area contributed by atoms with E-state index < -0.39 is 11.6 Å². The number of nitrogens with one attached hydrogen (secondary N) is 1. The Balaban J connectivity index is 1.71. The van der Waals surface area contributed by atoms with Gasteiger partial charge >= 0.3 is 5.97 Å². The topological polar surface area (TPSA) is 96.0 Å². The maximum absolute atomic E-state index is 13.0. The van der Waals surface area contributed by atoms with Crippen LogP contribution in [0.1, 0.15) is 50.4 Å². The van der Waals surface area contributed by atoms with Crippen LogP contribution in [0.2, 0.25) is 0 Å². The van der Waals surface area contributed by atoms with E-state index in [1.165, 1.54) is 4.90 Å². The average molecular weight is 387 g/mol. The molecule has 2 heterocycles. The molecule has 1 N–H and O–H groups in total. The number of carbonyl (C=O) groups excluding carboxylic acids is 4. The summed E-state index contributed by atoms with van der Waals surface area (Å²) < 4.78 is 5.02. The Morgan fingerprint density at radius 1 is 1.25 bits per heavy atom. The van der Waals surface area contributed by atoms with Gasteiger partial charge in [-0.25, -0.2) is 0 Å². The van der Waals surface area contributed by atoms with E-state index >= 15 is 0 Å². The molecule has 1 fully saturated rings. The van der Waals surface area contributed by atoms with Gasteiger partial charge in [0.25, 0.3) is 5.91 Å². The second-order valence-electron chi connectivity index (χ2n) is 7.49. The molecule has 8 heteroatoms. The molecule has 8 nitrogen and oxygen atoms in total. The Morgan fingerprint density at radius 2 is 1.96 bits per heavy atom.